The van der Waals surface area contributed by atoms with Crippen molar-refractivity contribution in [2.24, 2.45) is 5.41 Å². The quantitative estimate of drug-likeness (QED) is 0.802. The fraction of sp³-hybridized carbons (Fsp3) is 0.409. The second-order valence-corrected chi connectivity index (χ2v) is 7.56. The van der Waals surface area contributed by atoms with Gasteiger partial charge in [0.15, 0.2) is 0 Å². The highest BCUT2D eigenvalue weighted by atomic mass is 16.5. The molecule has 6 heteroatoms. The van der Waals surface area contributed by atoms with Crippen molar-refractivity contribution in [3.05, 3.63) is 53.7 Å². The van der Waals surface area contributed by atoms with Crippen LogP contribution in [0.15, 0.2) is 42.6 Å². The number of methoxy groups -OCH3 is 1. The maximum Gasteiger partial charge on any atom is 0.233 e. The molecule has 2 fully saturated rings. The first kappa shape index (κ1) is 18.3. The van der Waals surface area contributed by atoms with Crippen molar-refractivity contribution >= 4 is 11.6 Å². The number of likely N-dealkylation sites (tertiary alicyclic amines) is 1. The van der Waals surface area contributed by atoms with E-state index in [0.29, 0.717) is 18.0 Å². The van der Waals surface area contributed by atoms with Gasteiger partial charge in [-0.05, 0) is 30.9 Å². The summed E-state index contributed by atoms with van der Waals surface area (Å²) in [5, 5.41) is 9.55. The number of ether oxygens (including phenoxy) is 1. The lowest BCUT2D eigenvalue weighted by atomic mass is 9.85. The SMILES string of the molecule is COc1nccc(N2CCC3(CCN(CCc4ccccc4)C3=O)C2)c1C#N. The van der Waals surface area contributed by atoms with Gasteiger partial charge in [0.25, 0.3) is 0 Å². The Hall–Kier alpha value is -3.07. The van der Waals surface area contributed by atoms with Crippen LogP contribution in [0, 0.1) is 16.7 Å². The molecule has 144 valence electrons. The van der Waals surface area contributed by atoms with E-state index >= 15 is 0 Å². The van der Waals surface area contributed by atoms with Crippen molar-refractivity contribution in [2.75, 3.05) is 38.2 Å². The molecule has 0 saturated carbocycles. The van der Waals surface area contributed by atoms with Crippen LogP contribution in [0.25, 0.3) is 0 Å². The molecule has 6 nitrogen and oxygen atoms in total. The molecule has 28 heavy (non-hydrogen) atoms. The number of pyridine rings is 1. The Morgan fingerprint density at radius 3 is 2.75 bits per heavy atom. The molecule has 2 aromatic rings. The fourth-order valence-electron chi connectivity index (χ4n) is 4.43. The minimum atomic E-state index is -0.333. The number of carbonyl (C=O) groups excluding carboxylic acids is 1. The molecule has 1 aromatic heterocycles. The van der Waals surface area contributed by atoms with E-state index in [1.54, 1.807) is 6.20 Å². The van der Waals surface area contributed by atoms with Gasteiger partial charge in [0.1, 0.15) is 11.6 Å². The third-order valence-corrected chi connectivity index (χ3v) is 6.01. The molecule has 2 aliphatic heterocycles. The van der Waals surface area contributed by atoms with E-state index in [2.05, 4.69) is 28.1 Å². The minimum Gasteiger partial charge on any atom is -0.480 e. The predicted octanol–water partition coefficient (Wildman–Crippen LogP) is 2.63. The smallest absolute Gasteiger partial charge is 0.233 e. The molecule has 0 N–H and O–H groups in total. The number of hydrogen-bond donors (Lipinski definition) is 0. The zero-order valence-corrected chi connectivity index (χ0v) is 16.1. The molecule has 0 aliphatic carbocycles. The Labute approximate surface area is 165 Å². The maximum absolute atomic E-state index is 13.2. The molecule has 1 unspecified atom stereocenters. The molecular formula is C22H24N4O2. The topological polar surface area (TPSA) is 69.5 Å². The zero-order valence-electron chi connectivity index (χ0n) is 16.1. The van der Waals surface area contributed by atoms with Crippen LogP contribution in [0.4, 0.5) is 5.69 Å². The normalized spacial score (nSPS) is 21.4. The molecule has 1 aromatic carbocycles. The molecule has 3 heterocycles. The highest BCUT2D eigenvalue weighted by Gasteiger charge is 2.50. The predicted molar refractivity (Wildman–Crippen MR) is 106 cm³/mol. The lowest BCUT2D eigenvalue weighted by Gasteiger charge is -2.25. The molecule has 0 bridgehead atoms. The van der Waals surface area contributed by atoms with Gasteiger partial charge in [-0.2, -0.15) is 5.26 Å². The largest absolute Gasteiger partial charge is 0.480 e. The first-order chi connectivity index (χ1) is 13.7. The van der Waals surface area contributed by atoms with Gasteiger partial charge in [0, 0.05) is 32.4 Å². The highest BCUT2D eigenvalue weighted by Crippen LogP contribution is 2.43. The van der Waals surface area contributed by atoms with Gasteiger partial charge < -0.3 is 14.5 Å². The molecule has 1 spiro atoms. The van der Waals surface area contributed by atoms with E-state index in [1.807, 2.05) is 29.2 Å². The van der Waals surface area contributed by atoms with Gasteiger partial charge in [0.05, 0.1) is 18.2 Å². The molecule has 2 saturated heterocycles. The van der Waals surface area contributed by atoms with Gasteiger partial charge in [-0.25, -0.2) is 4.98 Å². The molecule has 1 atom stereocenters. The van der Waals surface area contributed by atoms with Crippen LogP contribution in [0.5, 0.6) is 5.88 Å². The van der Waals surface area contributed by atoms with Crippen LogP contribution < -0.4 is 9.64 Å². The summed E-state index contributed by atoms with van der Waals surface area (Å²) in [6.45, 7) is 2.98. The van der Waals surface area contributed by atoms with Crippen LogP contribution in [0.3, 0.4) is 0 Å². The van der Waals surface area contributed by atoms with Crippen LogP contribution in [0.2, 0.25) is 0 Å². The van der Waals surface area contributed by atoms with E-state index in [9.17, 15) is 10.1 Å². The van der Waals surface area contributed by atoms with E-state index in [1.165, 1.54) is 12.7 Å². The summed E-state index contributed by atoms with van der Waals surface area (Å²) < 4.78 is 5.23. The molecule has 1 amide bonds. The number of rotatable bonds is 5. The summed E-state index contributed by atoms with van der Waals surface area (Å²) >= 11 is 0. The van der Waals surface area contributed by atoms with Crippen LogP contribution in [0.1, 0.15) is 24.0 Å². The lowest BCUT2D eigenvalue weighted by molar-refractivity contribution is -0.135. The van der Waals surface area contributed by atoms with Crippen molar-refractivity contribution in [1.29, 1.82) is 5.26 Å². The number of hydrogen-bond acceptors (Lipinski definition) is 5. The molecule has 0 radical (unpaired) electrons. The number of carbonyl (C=O) groups is 1. The Kier molecular flexibility index (Phi) is 4.91. The third-order valence-electron chi connectivity index (χ3n) is 6.01. The molecule has 2 aliphatic rings. The van der Waals surface area contributed by atoms with Gasteiger partial charge in [-0.15, -0.1) is 0 Å². The van der Waals surface area contributed by atoms with E-state index < -0.39 is 0 Å². The average Bonchev–Trinajstić information content (AvgIpc) is 3.31. The molecular weight excluding hydrogens is 352 g/mol. The number of anilines is 1. The second kappa shape index (κ2) is 7.51. The van der Waals surface area contributed by atoms with E-state index in [4.69, 9.17) is 4.74 Å². The monoisotopic (exact) mass is 376 g/mol. The van der Waals surface area contributed by atoms with Crippen LogP contribution in [-0.2, 0) is 11.2 Å². The summed E-state index contributed by atoms with van der Waals surface area (Å²) in [6.07, 6.45) is 4.24. The van der Waals surface area contributed by atoms with Crippen molar-refractivity contribution in [1.82, 2.24) is 9.88 Å². The third kappa shape index (κ3) is 3.18. The number of benzene rings is 1. The number of aromatic nitrogens is 1. The van der Waals surface area contributed by atoms with Gasteiger partial charge in [-0.1, -0.05) is 30.3 Å². The van der Waals surface area contributed by atoms with E-state index in [0.717, 1.165) is 44.6 Å². The number of nitriles is 1. The van der Waals surface area contributed by atoms with Crippen LogP contribution in [-0.4, -0.2) is 49.1 Å². The standard InChI is InChI=1S/C22H24N4O2/c1-28-20-18(15-23)19(7-11-24-20)26-14-10-22(16-26)9-13-25(21(22)27)12-8-17-5-3-2-4-6-17/h2-7,11H,8-10,12-14,16H2,1H3. The first-order valence-electron chi connectivity index (χ1n) is 9.68. The lowest BCUT2D eigenvalue weighted by Crippen LogP contribution is -2.37. The Morgan fingerprint density at radius 2 is 2.00 bits per heavy atom. The summed E-state index contributed by atoms with van der Waals surface area (Å²) in [6, 6.07) is 14.3. The highest BCUT2D eigenvalue weighted by molar-refractivity contribution is 5.86. The van der Waals surface area contributed by atoms with Gasteiger partial charge >= 0.3 is 0 Å². The number of amides is 1. The van der Waals surface area contributed by atoms with Crippen molar-refractivity contribution in [3.8, 4) is 11.9 Å². The van der Waals surface area contributed by atoms with Crippen LogP contribution >= 0.6 is 0 Å². The summed E-state index contributed by atoms with van der Waals surface area (Å²) in [4.78, 5) is 21.5. The van der Waals surface area contributed by atoms with Crippen molar-refractivity contribution in [3.63, 3.8) is 0 Å². The summed E-state index contributed by atoms with van der Waals surface area (Å²) in [5.41, 5.74) is 2.17. The number of nitrogens with zero attached hydrogens (tertiary/aromatic N) is 4. The van der Waals surface area contributed by atoms with Gasteiger partial charge in [0.2, 0.25) is 11.8 Å². The van der Waals surface area contributed by atoms with Crippen molar-refractivity contribution < 1.29 is 9.53 Å². The first-order valence-corrected chi connectivity index (χ1v) is 9.68. The zero-order chi connectivity index (χ0) is 19.6. The minimum absolute atomic E-state index is 0.255. The Morgan fingerprint density at radius 1 is 1.21 bits per heavy atom. The fourth-order valence-corrected chi connectivity index (χ4v) is 4.43. The Bertz CT molecular complexity index is 908. The maximum atomic E-state index is 13.2. The van der Waals surface area contributed by atoms with Crippen molar-refractivity contribution in [2.45, 2.75) is 19.3 Å². The van der Waals surface area contributed by atoms with E-state index in [-0.39, 0.29) is 11.3 Å². The molecule has 4 rings (SSSR count). The summed E-state index contributed by atoms with van der Waals surface area (Å²) in [7, 11) is 1.52. The second-order valence-electron chi connectivity index (χ2n) is 7.56. The average molecular weight is 376 g/mol. The Balaban J connectivity index is 1.46. The van der Waals surface area contributed by atoms with Gasteiger partial charge in [-0.3, -0.25) is 4.79 Å². The summed E-state index contributed by atoms with van der Waals surface area (Å²) in [5.74, 6) is 0.591.